The molecule has 0 saturated carbocycles. The summed E-state index contributed by atoms with van der Waals surface area (Å²) in [6, 6.07) is 9.69. The number of nitrogens with one attached hydrogen (secondary N) is 1. The second-order valence-electron chi connectivity index (χ2n) is 7.74. The first-order chi connectivity index (χ1) is 16.0. The van der Waals surface area contributed by atoms with Gasteiger partial charge in [0.2, 0.25) is 5.91 Å². The molecule has 6 nitrogen and oxygen atoms in total. The molecule has 34 heavy (non-hydrogen) atoms. The SMILES string of the molecule is CC(=O)N(c1cccc(C(F)(F)F)c1)c1nc(COC(=O)c2ccc3[nH]c(C)c(C)c3c2)cs1. The zero-order chi connectivity index (χ0) is 24.6. The van der Waals surface area contributed by atoms with Gasteiger partial charge in [-0.05, 0) is 55.8 Å². The van der Waals surface area contributed by atoms with Crippen molar-refractivity contribution in [1.29, 1.82) is 0 Å². The highest BCUT2D eigenvalue weighted by Crippen LogP contribution is 2.35. The normalized spacial score (nSPS) is 11.6. The number of nitrogens with zero attached hydrogens (tertiary/aromatic N) is 2. The Kier molecular flexibility index (Phi) is 6.18. The average Bonchev–Trinajstić information content (AvgIpc) is 3.35. The zero-order valence-corrected chi connectivity index (χ0v) is 19.3. The number of ether oxygens (including phenoxy) is 1. The number of carbonyl (C=O) groups is 2. The molecule has 10 heteroatoms. The summed E-state index contributed by atoms with van der Waals surface area (Å²) in [7, 11) is 0. The molecule has 0 aliphatic heterocycles. The number of aromatic nitrogens is 2. The summed E-state index contributed by atoms with van der Waals surface area (Å²) in [4.78, 5) is 33.4. The molecule has 2 aromatic heterocycles. The van der Waals surface area contributed by atoms with Crippen molar-refractivity contribution >= 4 is 44.9 Å². The van der Waals surface area contributed by atoms with Crippen LogP contribution in [0.1, 0.15) is 39.8 Å². The van der Waals surface area contributed by atoms with E-state index in [0.717, 1.165) is 50.5 Å². The van der Waals surface area contributed by atoms with Crippen molar-refractivity contribution in [2.45, 2.75) is 33.6 Å². The van der Waals surface area contributed by atoms with E-state index in [-0.39, 0.29) is 17.4 Å². The predicted molar refractivity (Wildman–Crippen MR) is 123 cm³/mol. The van der Waals surface area contributed by atoms with Crippen LogP contribution in [0.3, 0.4) is 0 Å². The minimum atomic E-state index is -4.54. The molecular weight excluding hydrogens is 467 g/mol. The number of aromatic amines is 1. The molecule has 0 saturated heterocycles. The molecule has 2 aromatic carbocycles. The summed E-state index contributed by atoms with van der Waals surface area (Å²) in [6.07, 6.45) is -4.54. The van der Waals surface area contributed by atoms with E-state index in [2.05, 4.69) is 9.97 Å². The van der Waals surface area contributed by atoms with Gasteiger partial charge in [-0.3, -0.25) is 9.69 Å². The minimum Gasteiger partial charge on any atom is -0.456 e. The van der Waals surface area contributed by atoms with Crippen molar-refractivity contribution in [3.8, 4) is 0 Å². The zero-order valence-electron chi connectivity index (χ0n) is 18.5. The highest BCUT2D eigenvalue weighted by atomic mass is 32.1. The molecule has 0 aliphatic rings. The smallest absolute Gasteiger partial charge is 0.416 e. The van der Waals surface area contributed by atoms with Gasteiger partial charge in [-0.1, -0.05) is 6.07 Å². The first kappa shape index (κ1) is 23.5. The molecule has 1 amide bonds. The van der Waals surface area contributed by atoms with Crippen molar-refractivity contribution in [3.05, 3.63) is 75.9 Å². The maximum atomic E-state index is 13.1. The van der Waals surface area contributed by atoms with E-state index >= 15 is 0 Å². The molecule has 0 aliphatic carbocycles. The standard InChI is InChI=1S/C24H20F3N3O3S/c1-13-14(2)28-21-8-7-16(9-20(13)21)22(32)33-11-18-12-34-23(29-18)30(15(3)31)19-6-4-5-17(10-19)24(25,26)27/h4-10,12,28H,11H2,1-3H3. The number of aryl methyl sites for hydroxylation is 2. The maximum absolute atomic E-state index is 13.1. The van der Waals surface area contributed by atoms with Gasteiger partial charge in [-0.25, -0.2) is 9.78 Å². The largest absolute Gasteiger partial charge is 0.456 e. The quantitative estimate of drug-likeness (QED) is 0.335. The van der Waals surface area contributed by atoms with E-state index < -0.39 is 23.6 Å². The lowest BCUT2D eigenvalue weighted by molar-refractivity contribution is -0.137. The monoisotopic (exact) mass is 487 g/mol. The number of fused-ring (bicyclic) bond motifs is 1. The second kappa shape index (κ2) is 8.94. The number of hydrogen-bond donors (Lipinski definition) is 1. The Morgan fingerprint density at radius 1 is 1.15 bits per heavy atom. The Hall–Kier alpha value is -3.66. The van der Waals surface area contributed by atoms with E-state index in [9.17, 15) is 22.8 Å². The summed E-state index contributed by atoms with van der Waals surface area (Å²) in [5, 5.41) is 2.70. The topological polar surface area (TPSA) is 75.3 Å². The van der Waals surface area contributed by atoms with Crippen molar-refractivity contribution in [2.24, 2.45) is 0 Å². The fourth-order valence-corrected chi connectivity index (χ4v) is 4.40. The van der Waals surface area contributed by atoms with Crippen LogP contribution < -0.4 is 4.90 Å². The van der Waals surface area contributed by atoms with E-state index in [0.29, 0.717) is 11.3 Å². The van der Waals surface area contributed by atoms with Gasteiger partial charge in [0.25, 0.3) is 0 Å². The van der Waals surface area contributed by atoms with E-state index in [1.165, 1.54) is 19.1 Å². The Balaban J connectivity index is 1.51. The molecule has 4 rings (SSSR count). The van der Waals surface area contributed by atoms with E-state index in [1.807, 2.05) is 19.9 Å². The first-order valence-electron chi connectivity index (χ1n) is 10.2. The summed E-state index contributed by atoms with van der Waals surface area (Å²) in [6.45, 7) is 5.01. The Labute approximate surface area is 197 Å². The van der Waals surface area contributed by atoms with Crippen molar-refractivity contribution in [1.82, 2.24) is 9.97 Å². The van der Waals surface area contributed by atoms with Crippen LogP contribution in [0.5, 0.6) is 0 Å². The third-order valence-electron chi connectivity index (χ3n) is 5.37. The van der Waals surface area contributed by atoms with Gasteiger partial charge in [-0.2, -0.15) is 13.2 Å². The molecule has 0 bridgehead atoms. The average molecular weight is 488 g/mol. The number of carbonyl (C=O) groups excluding carboxylic acids is 2. The molecule has 4 aromatic rings. The molecular formula is C24H20F3N3O3S. The van der Waals surface area contributed by atoms with Gasteiger partial charge >= 0.3 is 12.1 Å². The van der Waals surface area contributed by atoms with Crippen molar-refractivity contribution in [2.75, 3.05) is 4.90 Å². The number of thiazole rings is 1. The molecule has 0 atom stereocenters. The van der Waals surface area contributed by atoms with Crippen LogP contribution in [0.2, 0.25) is 0 Å². The number of rotatable bonds is 5. The summed E-state index contributed by atoms with van der Waals surface area (Å²) >= 11 is 1.07. The minimum absolute atomic E-state index is 0.0469. The lowest BCUT2D eigenvalue weighted by Crippen LogP contribution is -2.23. The number of halogens is 3. The maximum Gasteiger partial charge on any atom is 0.416 e. The number of esters is 1. The van der Waals surface area contributed by atoms with Crippen LogP contribution in [-0.4, -0.2) is 21.8 Å². The van der Waals surface area contributed by atoms with Gasteiger partial charge in [0.15, 0.2) is 5.13 Å². The van der Waals surface area contributed by atoms with Crippen LogP contribution in [0, 0.1) is 13.8 Å². The molecule has 176 valence electrons. The first-order valence-corrected chi connectivity index (χ1v) is 11.1. The van der Waals surface area contributed by atoms with Gasteiger partial charge < -0.3 is 9.72 Å². The number of benzene rings is 2. The second-order valence-corrected chi connectivity index (χ2v) is 8.57. The van der Waals surface area contributed by atoms with Crippen LogP contribution in [0.4, 0.5) is 24.0 Å². The van der Waals surface area contributed by atoms with Crippen molar-refractivity contribution in [3.63, 3.8) is 0 Å². The van der Waals surface area contributed by atoms with Crippen LogP contribution in [0.25, 0.3) is 10.9 Å². The highest BCUT2D eigenvalue weighted by molar-refractivity contribution is 7.14. The van der Waals surface area contributed by atoms with E-state index in [1.54, 1.807) is 17.5 Å². The number of amides is 1. The van der Waals surface area contributed by atoms with Crippen LogP contribution in [-0.2, 0) is 22.3 Å². The van der Waals surface area contributed by atoms with Crippen molar-refractivity contribution < 1.29 is 27.5 Å². The molecule has 0 unspecified atom stereocenters. The van der Waals surface area contributed by atoms with Gasteiger partial charge in [0, 0.05) is 28.9 Å². The molecule has 1 N–H and O–H groups in total. The predicted octanol–water partition coefficient (Wildman–Crippen LogP) is 6.30. The highest BCUT2D eigenvalue weighted by Gasteiger charge is 2.31. The fourth-order valence-electron chi connectivity index (χ4n) is 3.52. The van der Waals surface area contributed by atoms with Crippen LogP contribution >= 0.6 is 11.3 Å². The van der Waals surface area contributed by atoms with Gasteiger partial charge in [-0.15, -0.1) is 11.3 Å². The van der Waals surface area contributed by atoms with Crippen LogP contribution in [0.15, 0.2) is 47.8 Å². The fraction of sp³-hybridized carbons (Fsp3) is 0.208. The Morgan fingerprint density at radius 3 is 2.62 bits per heavy atom. The number of H-pyrrole nitrogens is 1. The Bertz CT molecular complexity index is 1390. The third-order valence-corrected chi connectivity index (χ3v) is 6.25. The number of hydrogen-bond acceptors (Lipinski definition) is 5. The lowest BCUT2D eigenvalue weighted by Gasteiger charge is -2.19. The molecule has 0 fully saturated rings. The Morgan fingerprint density at radius 2 is 1.91 bits per heavy atom. The lowest BCUT2D eigenvalue weighted by atomic mass is 10.1. The molecule has 0 spiro atoms. The molecule has 2 heterocycles. The molecule has 0 radical (unpaired) electrons. The summed E-state index contributed by atoms with van der Waals surface area (Å²) in [5.74, 6) is -1.03. The summed E-state index contributed by atoms with van der Waals surface area (Å²) < 4.78 is 44.7. The summed E-state index contributed by atoms with van der Waals surface area (Å²) in [5.41, 5.74) is 2.94. The van der Waals surface area contributed by atoms with E-state index in [4.69, 9.17) is 4.74 Å². The van der Waals surface area contributed by atoms with Gasteiger partial charge in [0.1, 0.15) is 6.61 Å². The third kappa shape index (κ3) is 4.67. The number of alkyl halides is 3. The number of anilines is 2. The van der Waals surface area contributed by atoms with Gasteiger partial charge in [0.05, 0.1) is 22.5 Å².